The number of aryl methyl sites for hydroxylation is 2. The molecule has 4 heterocycles. The zero-order chi connectivity index (χ0) is 54.8. The van der Waals surface area contributed by atoms with Crippen molar-refractivity contribution in [3.05, 3.63) is 56.8 Å². The molecule has 10 heteroatoms. The summed E-state index contributed by atoms with van der Waals surface area (Å²) in [5, 5.41) is 0.645. The van der Waals surface area contributed by atoms with Crippen LogP contribution in [0.15, 0.2) is 36.4 Å². The van der Waals surface area contributed by atoms with Crippen LogP contribution in [0.4, 0.5) is 4.39 Å². The van der Waals surface area contributed by atoms with Gasteiger partial charge in [-0.2, -0.15) is 0 Å². The molecule has 0 aliphatic heterocycles. The van der Waals surface area contributed by atoms with E-state index < -0.39 is 16.6 Å². The van der Waals surface area contributed by atoms with Crippen LogP contribution in [0.5, 0.6) is 11.5 Å². The number of hydrogen-bond acceptors (Lipinski definition) is 7. The quantitative estimate of drug-likeness (QED) is 0.0222. The maximum absolute atomic E-state index is 16.6. The van der Waals surface area contributed by atoms with E-state index in [2.05, 4.69) is 98.7 Å². The summed E-state index contributed by atoms with van der Waals surface area (Å²) < 4.78 is 33.9. The van der Waals surface area contributed by atoms with Gasteiger partial charge in [0.15, 0.2) is 11.6 Å². The lowest BCUT2D eigenvalue weighted by atomic mass is 9.93. The van der Waals surface area contributed by atoms with E-state index in [1.807, 2.05) is 29.6 Å². The average Bonchev–Trinajstić information content (AvgIpc) is 4.23. The van der Waals surface area contributed by atoms with Gasteiger partial charge in [0.25, 0.3) is 16.6 Å². The molecule has 76 heavy (non-hydrogen) atoms. The summed E-state index contributed by atoms with van der Waals surface area (Å²) >= 11 is 6.80. The zero-order valence-electron chi connectivity index (χ0n) is 49.8. The molecular weight excluding hydrogens is 1040 g/mol. The van der Waals surface area contributed by atoms with Crippen molar-refractivity contribution in [2.45, 2.75) is 285 Å². The van der Waals surface area contributed by atoms with E-state index in [0.29, 0.717) is 10.3 Å². The van der Waals surface area contributed by atoms with Gasteiger partial charge in [-0.05, 0) is 99.4 Å². The Bertz CT molecular complexity index is 2350. The molecule has 3 nitrogen and oxygen atoms in total. The molecule has 0 amide bonds. The average molecular weight is 1150 g/mol. The number of halogens is 1. The lowest BCUT2D eigenvalue weighted by Gasteiger charge is -2.36. The van der Waals surface area contributed by atoms with Gasteiger partial charge in [-0.25, -0.2) is 4.39 Å². The highest BCUT2D eigenvalue weighted by atomic mass is 32.1. The molecule has 0 aliphatic rings. The highest BCUT2D eigenvalue weighted by molar-refractivity contribution is 7.30. The fourth-order valence-corrected chi connectivity index (χ4v) is 25.1. The number of carbonyl (C=O) groups is 1. The summed E-state index contributed by atoms with van der Waals surface area (Å²) in [5.74, 6) is 1.66. The molecule has 4 aromatic heterocycles. The van der Waals surface area contributed by atoms with Gasteiger partial charge in [-0.3, -0.25) is 4.79 Å². The second-order valence-corrected chi connectivity index (χ2v) is 35.7. The Kier molecular flexibility index (Phi) is 29.7. The maximum atomic E-state index is 16.6. The molecule has 5 rings (SSSR count). The molecule has 0 N–H and O–H groups in total. The standard InChI is InChI=1S/C66H105FO3S4Si2/c1-11-19-26-32-43-75(44-33-27-20-12-2,45-34-28-21-13-3)69-56-50-55(59-41-42-60(73-59)64-65-61(52(10)72-64)62(67)66(74-65)63(68)53(18-8)38-25-17-7)57(49-54(56)58-40-39-51(9)71-58)70-76(46-35-29-22-14-4,47-36-30-23-15-5)48-37-31-24-16-6/h39-42,49-50,53H,11-38,43-48H2,1-10H3. The number of rotatable bonds is 43. The number of thiophene rings is 4. The van der Waals surface area contributed by atoms with Gasteiger partial charge < -0.3 is 8.85 Å². The fourth-order valence-electron chi connectivity index (χ4n) is 11.7. The van der Waals surface area contributed by atoms with Crippen molar-refractivity contribution in [3.63, 3.8) is 0 Å². The first-order valence-electron chi connectivity index (χ1n) is 31.5. The zero-order valence-corrected chi connectivity index (χ0v) is 55.1. The van der Waals surface area contributed by atoms with Crippen LogP contribution in [-0.2, 0) is 0 Å². The van der Waals surface area contributed by atoms with Gasteiger partial charge in [-0.15, -0.1) is 45.3 Å². The molecule has 1 atom stereocenters. The van der Waals surface area contributed by atoms with Gasteiger partial charge in [0, 0.05) is 46.8 Å². The van der Waals surface area contributed by atoms with Gasteiger partial charge in [-0.1, -0.05) is 222 Å². The third kappa shape index (κ3) is 19.0. The molecule has 0 aliphatic carbocycles. The van der Waals surface area contributed by atoms with Crippen LogP contribution < -0.4 is 8.85 Å². The number of fused-ring (bicyclic) bond motifs is 1. The first kappa shape index (κ1) is 64.7. The van der Waals surface area contributed by atoms with Gasteiger partial charge in [0.2, 0.25) is 0 Å². The van der Waals surface area contributed by atoms with Crippen LogP contribution in [0.25, 0.3) is 40.7 Å². The van der Waals surface area contributed by atoms with E-state index in [4.69, 9.17) is 8.85 Å². The molecule has 1 unspecified atom stereocenters. The Morgan fingerprint density at radius 3 is 1.26 bits per heavy atom. The minimum atomic E-state index is -2.33. The van der Waals surface area contributed by atoms with E-state index >= 15 is 4.39 Å². The number of Topliss-reactive ketones (excluding diaryl/α,β-unsaturated/α-hetero) is 1. The van der Waals surface area contributed by atoms with Crippen molar-refractivity contribution in [2.24, 2.45) is 5.92 Å². The number of ketones is 1. The highest BCUT2D eigenvalue weighted by Crippen LogP contribution is 2.52. The van der Waals surface area contributed by atoms with E-state index in [1.165, 1.54) is 227 Å². The lowest BCUT2D eigenvalue weighted by molar-refractivity contribution is 0.0909. The summed E-state index contributed by atoms with van der Waals surface area (Å²) in [4.78, 5) is 21.3. The lowest BCUT2D eigenvalue weighted by Crippen LogP contribution is -2.42. The summed E-state index contributed by atoms with van der Waals surface area (Å²) in [6.07, 6.45) is 33.9. The van der Waals surface area contributed by atoms with Crippen LogP contribution in [0.3, 0.4) is 0 Å². The molecule has 0 radical (unpaired) electrons. The summed E-state index contributed by atoms with van der Waals surface area (Å²) in [7, 11) is -4.63. The third-order valence-electron chi connectivity index (χ3n) is 16.4. The Morgan fingerprint density at radius 1 is 0.487 bits per heavy atom. The Labute approximate surface area is 482 Å². The largest absolute Gasteiger partial charge is 0.543 e. The Balaban J connectivity index is 1.78. The molecular formula is C66H105FO3S4Si2. The number of carbonyl (C=O) groups excluding carboxylic acids is 1. The van der Waals surface area contributed by atoms with Crippen molar-refractivity contribution < 1.29 is 18.0 Å². The van der Waals surface area contributed by atoms with Crippen LogP contribution in [0, 0.1) is 25.6 Å². The highest BCUT2D eigenvalue weighted by Gasteiger charge is 2.39. The second-order valence-electron chi connectivity index (χ2n) is 22.9. The monoisotopic (exact) mass is 1150 g/mol. The third-order valence-corrected chi connectivity index (χ3v) is 30.1. The van der Waals surface area contributed by atoms with E-state index in [-0.39, 0.29) is 17.5 Å². The van der Waals surface area contributed by atoms with Crippen LogP contribution >= 0.6 is 45.3 Å². The van der Waals surface area contributed by atoms with Crippen molar-refractivity contribution >= 4 is 77.9 Å². The molecule has 5 aromatic rings. The van der Waals surface area contributed by atoms with Gasteiger partial charge >= 0.3 is 0 Å². The van der Waals surface area contributed by atoms with E-state index in [9.17, 15) is 4.79 Å². The number of unbranched alkanes of at least 4 members (excludes halogenated alkanes) is 19. The first-order chi connectivity index (χ1) is 37.0. The molecule has 0 saturated heterocycles. The van der Waals surface area contributed by atoms with Crippen molar-refractivity contribution in [3.8, 4) is 42.1 Å². The van der Waals surface area contributed by atoms with Crippen LogP contribution in [-0.4, -0.2) is 22.4 Å². The first-order valence-corrected chi connectivity index (χ1v) is 39.8. The predicted octanol–water partition coefficient (Wildman–Crippen LogP) is 25.4. The molecule has 426 valence electrons. The fraction of sp³-hybridized carbons (Fsp3) is 0.682. The predicted molar refractivity (Wildman–Crippen MR) is 345 cm³/mol. The summed E-state index contributed by atoms with van der Waals surface area (Å²) in [6, 6.07) is 21.5. The second kappa shape index (κ2) is 34.9. The minimum Gasteiger partial charge on any atom is -0.543 e. The molecule has 0 bridgehead atoms. The minimum absolute atomic E-state index is 0.0142. The number of hydrogen-bond donors (Lipinski definition) is 0. The molecule has 0 fully saturated rings. The maximum Gasteiger partial charge on any atom is 0.251 e. The van der Waals surface area contributed by atoms with Crippen molar-refractivity contribution in [1.29, 1.82) is 0 Å². The Hall–Kier alpha value is -2.09. The molecule has 0 saturated carbocycles. The molecule has 0 spiro atoms. The smallest absolute Gasteiger partial charge is 0.251 e. The SMILES string of the molecule is CCCCCC[Si](CCCCCC)(CCCCCC)Oc1cc(-c2ccc(-c3sc(C)c4c(F)c(C(=O)C(CC)CCCC)sc34)s2)c(O[Si](CCCCCC)(CCCCCC)CCCCCC)cc1-c1ccc(C)s1. The van der Waals surface area contributed by atoms with Gasteiger partial charge in [0.1, 0.15) is 16.4 Å². The summed E-state index contributed by atoms with van der Waals surface area (Å²) in [6.45, 7) is 22.5. The Morgan fingerprint density at radius 2 is 0.882 bits per heavy atom. The van der Waals surface area contributed by atoms with Crippen LogP contribution in [0.2, 0.25) is 36.3 Å². The van der Waals surface area contributed by atoms with E-state index in [0.717, 1.165) is 56.5 Å². The van der Waals surface area contributed by atoms with Crippen LogP contribution in [0.1, 0.15) is 255 Å². The van der Waals surface area contributed by atoms with Gasteiger partial charge in [0.05, 0.1) is 9.58 Å². The van der Waals surface area contributed by atoms with E-state index in [1.54, 1.807) is 11.3 Å². The topological polar surface area (TPSA) is 35.5 Å². The van der Waals surface area contributed by atoms with Crippen molar-refractivity contribution in [1.82, 2.24) is 0 Å². The molecule has 1 aromatic carbocycles. The van der Waals surface area contributed by atoms with Crippen molar-refractivity contribution in [2.75, 3.05) is 0 Å². The number of benzene rings is 1. The normalized spacial score (nSPS) is 12.6. The summed E-state index contributed by atoms with van der Waals surface area (Å²) in [5.41, 5.74) is 2.39.